The zero-order chi connectivity index (χ0) is 13.5. The monoisotopic (exact) mass is 256 g/mol. The normalized spacial score (nSPS) is 23.2. The van der Waals surface area contributed by atoms with Gasteiger partial charge in [0, 0.05) is 18.8 Å². The lowest BCUT2D eigenvalue weighted by molar-refractivity contribution is -0.0752. The molecular weight excluding hydrogens is 238 g/mol. The van der Waals surface area contributed by atoms with E-state index in [0.717, 1.165) is 12.1 Å². The molecule has 18 heavy (non-hydrogen) atoms. The van der Waals surface area contributed by atoms with Gasteiger partial charge in [0.2, 0.25) is 0 Å². The molecule has 0 aromatic heterocycles. The fraction of sp³-hybridized carbons (Fsp3) is 0.538. The summed E-state index contributed by atoms with van der Waals surface area (Å²) in [5.41, 5.74) is 5.05. The molecule has 0 bridgehead atoms. The summed E-state index contributed by atoms with van der Waals surface area (Å²) in [6, 6.07) is 2.29. The first-order valence-corrected chi connectivity index (χ1v) is 5.96. The first-order valence-electron chi connectivity index (χ1n) is 5.96. The number of nitrogens with two attached hydrogens (primary N) is 1. The van der Waals surface area contributed by atoms with E-state index in [1.807, 2.05) is 20.8 Å². The van der Waals surface area contributed by atoms with E-state index in [0.29, 0.717) is 13.1 Å². The second kappa shape index (κ2) is 4.39. The Morgan fingerprint density at radius 1 is 1.33 bits per heavy atom. The average molecular weight is 256 g/mol. The highest BCUT2D eigenvalue weighted by Crippen LogP contribution is 2.31. The number of nitrogens with zero attached hydrogens (tertiary/aromatic N) is 1. The van der Waals surface area contributed by atoms with Crippen LogP contribution in [-0.2, 0) is 4.74 Å². The van der Waals surface area contributed by atoms with Crippen LogP contribution in [0.5, 0.6) is 0 Å². The van der Waals surface area contributed by atoms with Gasteiger partial charge in [0.05, 0.1) is 11.7 Å². The minimum Gasteiger partial charge on any atom is -0.399 e. The van der Waals surface area contributed by atoms with E-state index in [-0.39, 0.29) is 17.5 Å². The number of hydrogen-bond acceptors (Lipinski definition) is 3. The summed E-state index contributed by atoms with van der Waals surface area (Å²) in [5, 5.41) is 0. The highest BCUT2D eigenvalue weighted by molar-refractivity contribution is 5.56. The standard InChI is InChI=1S/C13H18F2N2O/c1-8-6-17(7-13(2,3)18-8)12-10(14)4-9(16)5-11(12)15/h4-5,8H,6-7,16H2,1-3H3. The number of halogens is 2. The van der Waals surface area contributed by atoms with Crippen LogP contribution < -0.4 is 10.6 Å². The van der Waals surface area contributed by atoms with E-state index < -0.39 is 17.2 Å². The van der Waals surface area contributed by atoms with Gasteiger partial charge in [0.1, 0.15) is 5.69 Å². The van der Waals surface area contributed by atoms with Crippen molar-refractivity contribution < 1.29 is 13.5 Å². The third-order valence-corrected chi connectivity index (χ3v) is 2.92. The summed E-state index contributed by atoms with van der Waals surface area (Å²) in [5.74, 6) is -1.25. The van der Waals surface area contributed by atoms with Gasteiger partial charge in [-0.25, -0.2) is 8.78 Å². The van der Waals surface area contributed by atoms with E-state index in [4.69, 9.17) is 10.5 Å². The van der Waals surface area contributed by atoms with Crippen LogP contribution in [0.3, 0.4) is 0 Å². The molecule has 0 spiro atoms. The number of nitrogen functional groups attached to an aromatic ring is 1. The van der Waals surface area contributed by atoms with Gasteiger partial charge >= 0.3 is 0 Å². The molecule has 1 fully saturated rings. The van der Waals surface area contributed by atoms with Gasteiger partial charge in [-0.2, -0.15) is 0 Å². The van der Waals surface area contributed by atoms with E-state index in [1.165, 1.54) is 0 Å². The molecule has 100 valence electrons. The van der Waals surface area contributed by atoms with Crippen molar-refractivity contribution in [3.63, 3.8) is 0 Å². The van der Waals surface area contributed by atoms with Crippen molar-refractivity contribution >= 4 is 11.4 Å². The fourth-order valence-corrected chi connectivity index (χ4v) is 2.51. The molecule has 1 saturated heterocycles. The highest BCUT2D eigenvalue weighted by Gasteiger charge is 2.33. The van der Waals surface area contributed by atoms with Crippen LogP contribution in [-0.4, -0.2) is 24.8 Å². The molecule has 3 nitrogen and oxygen atoms in total. The van der Waals surface area contributed by atoms with Gasteiger partial charge in [0.15, 0.2) is 11.6 Å². The van der Waals surface area contributed by atoms with Crippen molar-refractivity contribution in [2.45, 2.75) is 32.5 Å². The quantitative estimate of drug-likeness (QED) is 0.785. The van der Waals surface area contributed by atoms with E-state index in [2.05, 4.69) is 0 Å². The SMILES string of the molecule is CC1CN(c2c(F)cc(N)cc2F)CC(C)(C)O1. The fourth-order valence-electron chi connectivity index (χ4n) is 2.51. The molecule has 1 atom stereocenters. The van der Waals surface area contributed by atoms with Crippen LogP contribution >= 0.6 is 0 Å². The number of morpholine rings is 1. The van der Waals surface area contributed by atoms with Crippen LogP contribution in [0.4, 0.5) is 20.2 Å². The summed E-state index contributed by atoms with van der Waals surface area (Å²) < 4.78 is 33.5. The van der Waals surface area contributed by atoms with E-state index in [1.54, 1.807) is 4.90 Å². The molecule has 0 amide bonds. The number of rotatable bonds is 1. The molecule has 1 unspecified atom stereocenters. The van der Waals surface area contributed by atoms with Crippen LogP contribution in [0.15, 0.2) is 12.1 Å². The van der Waals surface area contributed by atoms with Crippen molar-refractivity contribution in [1.29, 1.82) is 0 Å². The van der Waals surface area contributed by atoms with Gasteiger partial charge in [-0.05, 0) is 32.9 Å². The van der Waals surface area contributed by atoms with Gasteiger partial charge in [-0.15, -0.1) is 0 Å². The van der Waals surface area contributed by atoms with Crippen LogP contribution in [0.1, 0.15) is 20.8 Å². The topological polar surface area (TPSA) is 38.5 Å². The Morgan fingerprint density at radius 2 is 1.89 bits per heavy atom. The molecule has 1 aromatic carbocycles. The molecule has 1 aliphatic heterocycles. The molecule has 0 saturated carbocycles. The van der Waals surface area contributed by atoms with Gasteiger partial charge < -0.3 is 15.4 Å². The first-order chi connectivity index (χ1) is 8.28. The smallest absolute Gasteiger partial charge is 0.151 e. The number of hydrogen-bond donors (Lipinski definition) is 1. The predicted molar refractivity (Wildman–Crippen MR) is 67.6 cm³/mol. The Labute approximate surface area is 106 Å². The number of anilines is 2. The summed E-state index contributed by atoms with van der Waals surface area (Å²) in [7, 11) is 0. The van der Waals surface area contributed by atoms with Gasteiger partial charge in [-0.1, -0.05) is 0 Å². The first kappa shape index (κ1) is 13.1. The van der Waals surface area contributed by atoms with Crippen LogP contribution in [0.25, 0.3) is 0 Å². The van der Waals surface area contributed by atoms with E-state index in [9.17, 15) is 8.78 Å². The molecule has 1 aliphatic rings. The molecular formula is C13H18F2N2O. The molecule has 5 heteroatoms. The van der Waals surface area contributed by atoms with Crippen molar-refractivity contribution in [2.75, 3.05) is 23.7 Å². The lowest BCUT2D eigenvalue weighted by Crippen LogP contribution is -2.52. The second-order valence-electron chi connectivity index (χ2n) is 5.40. The largest absolute Gasteiger partial charge is 0.399 e. The Balaban J connectivity index is 2.37. The lowest BCUT2D eigenvalue weighted by Gasteiger charge is -2.43. The van der Waals surface area contributed by atoms with Crippen molar-refractivity contribution in [3.05, 3.63) is 23.8 Å². The maximum Gasteiger partial charge on any atom is 0.151 e. The molecule has 2 rings (SSSR count). The summed E-state index contributed by atoms with van der Waals surface area (Å²) in [4.78, 5) is 1.68. The summed E-state index contributed by atoms with van der Waals surface area (Å²) in [6.45, 7) is 6.60. The van der Waals surface area contributed by atoms with Crippen LogP contribution in [0.2, 0.25) is 0 Å². The third kappa shape index (κ3) is 2.56. The Kier molecular flexibility index (Phi) is 3.19. The summed E-state index contributed by atoms with van der Waals surface area (Å²) >= 11 is 0. The molecule has 1 heterocycles. The third-order valence-electron chi connectivity index (χ3n) is 2.92. The Hall–Kier alpha value is -1.36. The van der Waals surface area contributed by atoms with Crippen LogP contribution in [0, 0.1) is 11.6 Å². The Bertz CT molecular complexity index is 439. The number of benzene rings is 1. The zero-order valence-electron chi connectivity index (χ0n) is 10.8. The van der Waals surface area contributed by atoms with Gasteiger partial charge in [-0.3, -0.25) is 0 Å². The average Bonchev–Trinajstić information content (AvgIpc) is 2.11. The minimum absolute atomic E-state index is 0.0209. The van der Waals surface area contributed by atoms with Crippen molar-refractivity contribution in [1.82, 2.24) is 0 Å². The highest BCUT2D eigenvalue weighted by atomic mass is 19.1. The minimum atomic E-state index is -0.627. The molecule has 2 N–H and O–H groups in total. The molecule has 0 aliphatic carbocycles. The van der Waals surface area contributed by atoms with E-state index >= 15 is 0 Å². The Morgan fingerprint density at radius 3 is 2.39 bits per heavy atom. The lowest BCUT2D eigenvalue weighted by atomic mass is 10.0. The maximum atomic E-state index is 13.9. The summed E-state index contributed by atoms with van der Waals surface area (Å²) in [6.07, 6.45) is -0.0786. The zero-order valence-corrected chi connectivity index (χ0v) is 10.8. The van der Waals surface area contributed by atoms with Crippen molar-refractivity contribution in [2.24, 2.45) is 0 Å². The second-order valence-corrected chi connectivity index (χ2v) is 5.40. The molecule has 0 radical (unpaired) electrons. The van der Waals surface area contributed by atoms with Gasteiger partial charge in [0.25, 0.3) is 0 Å². The predicted octanol–water partition coefficient (Wildman–Crippen LogP) is 2.55. The molecule has 1 aromatic rings. The number of ether oxygens (including phenoxy) is 1. The van der Waals surface area contributed by atoms with Crippen molar-refractivity contribution in [3.8, 4) is 0 Å². The maximum absolute atomic E-state index is 13.9.